The number of rotatable bonds is 8. The second kappa shape index (κ2) is 8.81. The van der Waals surface area contributed by atoms with Crippen LogP contribution in [0.15, 0.2) is 35.2 Å². The average molecular weight is 405 g/mol. The van der Waals surface area contributed by atoms with Crippen LogP contribution in [0.25, 0.3) is 6.08 Å². The van der Waals surface area contributed by atoms with Gasteiger partial charge < -0.3 is 11.1 Å². The summed E-state index contributed by atoms with van der Waals surface area (Å²) in [6.07, 6.45) is 2.80. The number of benzene rings is 1. The van der Waals surface area contributed by atoms with Crippen LogP contribution in [0, 0.1) is 6.92 Å². The Bertz CT molecular complexity index is 989. The number of hydrogen-bond acceptors (Lipinski definition) is 5. The van der Waals surface area contributed by atoms with Crippen molar-refractivity contribution >= 4 is 33.6 Å². The van der Waals surface area contributed by atoms with Gasteiger partial charge in [0, 0.05) is 19.2 Å². The van der Waals surface area contributed by atoms with Crippen molar-refractivity contribution in [1.29, 1.82) is 0 Å². The molecule has 4 N–H and O–H groups in total. The van der Waals surface area contributed by atoms with Crippen molar-refractivity contribution in [1.82, 2.24) is 14.5 Å². The SMILES string of the molecule is CCN(CC)S(=O)(=O)c1ccc(/C=C/C(=O)Nc2c(C(N)=O)n[nH]c2C)cc1. The molecule has 0 aliphatic heterocycles. The first-order valence-corrected chi connectivity index (χ1v) is 10.1. The molecule has 2 amide bonds. The summed E-state index contributed by atoms with van der Waals surface area (Å²) in [6.45, 7) is 5.99. The smallest absolute Gasteiger partial charge is 0.271 e. The topological polar surface area (TPSA) is 138 Å². The summed E-state index contributed by atoms with van der Waals surface area (Å²) < 4.78 is 26.3. The number of hydrogen-bond donors (Lipinski definition) is 3. The van der Waals surface area contributed by atoms with Crippen LogP contribution >= 0.6 is 0 Å². The Kier molecular flexibility index (Phi) is 6.71. The molecule has 10 heteroatoms. The highest BCUT2D eigenvalue weighted by Crippen LogP contribution is 2.18. The van der Waals surface area contributed by atoms with Gasteiger partial charge >= 0.3 is 0 Å². The molecule has 1 aromatic carbocycles. The van der Waals surface area contributed by atoms with Gasteiger partial charge in [-0.3, -0.25) is 14.7 Å². The first-order valence-electron chi connectivity index (χ1n) is 8.64. The van der Waals surface area contributed by atoms with E-state index in [1.807, 2.05) is 0 Å². The third-order valence-electron chi connectivity index (χ3n) is 4.08. The van der Waals surface area contributed by atoms with E-state index >= 15 is 0 Å². The zero-order chi connectivity index (χ0) is 20.9. The minimum absolute atomic E-state index is 0.0507. The van der Waals surface area contributed by atoms with Crippen LogP contribution in [0.1, 0.15) is 35.6 Å². The molecule has 0 fully saturated rings. The van der Waals surface area contributed by atoms with Crippen molar-refractivity contribution < 1.29 is 18.0 Å². The number of primary amides is 1. The summed E-state index contributed by atoms with van der Waals surface area (Å²) in [5.74, 6) is -1.24. The lowest BCUT2D eigenvalue weighted by Gasteiger charge is -2.18. The van der Waals surface area contributed by atoms with E-state index in [4.69, 9.17) is 5.73 Å². The number of sulfonamides is 1. The Hall–Kier alpha value is -2.98. The second-order valence-corrected chi connectivity index (χ2v) is 7.86. The molecule has 0 atom stereocenters. The number of aromatic nitrogens is 2. The Morgan fingerprint density at radius 1 is 1.21 bits per heavy atom. The molecule has 150 valence electrons. The molecule has 0 saturated heterocycles. The first kappa shape index (κ1) is 21.3. The zero-order valence-corrected chi connectivity index (χ0v) is 16.7. The van der Waals surface area contributed by atoms with Gasteiger partial charge in [-0.2, -0.15) is 9.40 Å². The van der Waals surface area contributed by atoms with Gasteiger partial charge in [-0.1, -0.05) is 26.0 Å². The quantitative estimate of drug-likeness (QED) is 0.571. The highest BCUT2D eigenvalue weighted by molar-refractivity contribution is 7.89. The molecule has 0 unspecified atom stereocenters. The van der Waals surface area contributed by atoms with E-state index in [0.29, 0.717) is 24.3 Å². The number of aromatic amines is 1. The third kappa shape index (κ3) is 4.65. The highest BCUT2D eigenvalue weighted by atomic mass is 32.2. The standard InChI is InChI=1S/C18H23N5O4S/c1-4-23(5-2)28(26,27)14-9-6-13(7-10-14)8-11-15(24)20-16-12(3)21-22-17(16)18(19)25/h6-11H,4-5H2,1-3H3,(H2,19,25)(H,20,24)(H,21,22)/b11-8+. The predicted octanol–water partition coefficient (Wildman–Crippen LogP) is 1.50. The highest BCUT2D eigenvalue weighted by Gasteiger charge is 2.21. The Balaban J connectivity index is 2.12. The monoisotopic (exact) mass is 405 g/mol. The molecule has 0 spiro atoms. The van der Waals surface area contributed by atoms with E-state index in [1.165, 1.54) is 28.6 Å². The summed E-state index contributed by atoms with van der Waals surface area (Å²) in [6, 6.07) is 6.21. The summed E-state index contributed by atoms with van der Waals surface area (Å²) in [5.41, 5.74) is 6.54. The van der Waals surface area contributed by atoms with Crippen molar-refractivity contribution in [2.75, 3.05) is 18.4 Å². The van der Waals surface area contributed by atoms with Gasteiger partial charge in [-0.25, -0.2) is 8.42 Å². The summed E-state index contributed by atoms with van der Waals surface area (Å²) in [4.78, 5) is 23.6. The number of H-pyrrole nitrogens is 1. The number of aryl methyl sites for hydroxylation is 1. The maximum atomic E-state index is 12.5. The molecule has 9 nitrogen and oxygen atoms in total. The third-order valence-corrected chi connectivity index (χ3v) is 6.14. The number of carbonyl (C=O) groups is 2. The fraction of sp³-hybridized carbons (Fsp3) is 0.278. The fourth-order valence-electron chi connectivity index (χ4n) is 2.56. The van der Waals surface area contributed by atoms with Crippen LogP contribution < -0.4 is 11.1 Å². The predicted molar refractivity (Wildman–Crippen MR) is 106 cm³/mol. The number of nitrogens with two attached hydrogens (primary N) is 1. The van der Waals surface area contributed by atoms with E-state index in [9.17, 15) is 18.0 Å². The van der Waals surface area contributed by atoms with E-state index < -0.39 is 21.8 Å². The van der Waals surface area contributed by atoms with Crippen LogP contribution in [0.2, 0.25) is 0 Å². The number of anilines is 1. The molecular weight excluding hydrogens is 382 g/mol. The van der Waals surface area contributed by atoms with Crippen molar-refractivity contribution in [2.45, 2.75) is 25.7 Å². The average Bonchev–Trinajstić information content (AvgIpc) is 3.02. The van der Waals surface area contributed by atoms with E-state index in [0.717, 1.165) is 0 Å². The van der Waals surface area contributed by atoms with E-state index in [-0.39, 0.29) is 16.3 Å². The largest absolute Gasteiger partial charge is 0.364 e. The molecule has 2 rings (SSSR count). The van der Waals surface area contributed by atoms with Gasteiger partial charge in [-0.05, 0) is 30.7 Å². The molecule has 0 aliphatic rings. The summed E-state index contributed by atoms with van der Waals surface area (Å²) >= 11 is 0. The molecule has 28 heavy (non-hydrogen) atoms. The molecule has 0 radical (unpaired) electrons. The Morgan fingerprint density at radius 3 is 2.36 bits per heavy atom. The summed E-state index contributed by atoms with van der Waals surface area (Å²) in [7, 11) is -3.53. The number of nitrogens with zero attached hydrogens (tertiary/aromatic N) is 2. The van der Waals surface area contributed by atoms with Crippen LogP contribution in [0.4, 0.5) is 5.69 Å². The molecule has 0 aliphatic carbocycles. The fourth-order valence-corrected chi connectivity index (χ4v) is 4.02. The van der Waals surface area contributed by atoms with Gasteiger partial charge in [0.1, 0.15) is 0 Å². The molecule has 2 aromatic rings. The number of nitrogens with one attached hydrogen (secondary N) is 2. The Morgan fingerprint density at radius 2 is 1.82 bits per heavy atom. The first-order chi connectivity index (χ1) is 13.2. The maximum Gasteiger partial charge on any atom is 0.271 e. The van der Waals surface area contributed by atoms with Crippen LogP contribution in [-0.4, -0.2) is 47.8 Å². The summed E-state index contributed by atoms with van der Waals surface area (Å²) in [5, 5.41) is 8.89. The molecule has 0 saturated carbocycles. The Labute approximate surface area is 163 Å². The lowest BCUT2D eigenvalue weighted by molar-refractivity contribution is -0.111. The van der Waals surface area contributed by atoms with Crippen LogP contribution in [0.3, 0.4) is 0 Å². The van der Waals surface area contributed by atoms with Crippen molar-refractivity contribution in [3.05, 3.63) is 47.3 Å². The van der Waals surface area contributed by atoms with Crippen molar-refractivity contribution in [3.8, 4) is 0 Å². The zero-order valence-electron chi connectivity index (χ0n) is 15.9. The second-order valence-electron chi connectivity index (χ2n) is 5.92. The van der Waals surface area contributed by atoms with Gasteiger partial charge in [0.05, 0.1) is 16.3 Å². The van der Waals surface area contributed by atoms with Crippen molar-refractivity contribution in [3.63, 3.8) is 0 Å². The molecule has 1 aromatic heterocycles. The van der Waals surface area contributed by atoms with E-state index in [1.54, 1.807) is 32.9 Å². The van der Waals surface area contributed by atoms with Crippen molar-refractivity contribution in [2.24, 2.45) is 5.73 Å². The minimum atomic E-state index is -3.53. The lowest BCUT2D eigenvalue weighted by atomic mass is 10.2. The van der Waals surface area contributed by atoms with Crippen LogP contribution in [0.5, 0.6) is 0 Å². The number of amides is 2. The van der Waals surface area contributed by atoms with Gasteiger partial charge in [0.25, 0.3) is 5.91 Å². The molecule has 1 heterocycles. The molecule has 0 bridgehead atoms. The van der Waals surface area contributed by atoms with Crippen LogP contribution in [-0.2, 0) is 14.8 Å². The number of carbonyl (C=O) groups excluding carboxylic acids is 2. The van der Waals surface area contributed by atoms with Gasteiger partial charge in [-0.15, -0.1) is 0 Å². The minimum Gasteiger partial charge on any atom is -0.364 e. The normalized spacial score (nSPS) is 11.9. The lowest BCUT2D eigenvalue weighted by Crippen LogP contribution is -2.30. The van der Waals surface area contributed by atoms with E-state index in [2.05, 4.69) is 15.5 Å². The maximum absolute atomic E-state index is 12.5. The van der Waals surface area contributed by atoms with Gasteiger partial charge in [0.15, 0.2) is 5.69 Å². The van der Waals surface area contributed by atoms with Gasteiger partial charge in [0.2, 0.25) is 15.9 Å². The molecular formula is C18H23N5O4S.